The zero-order chi connectivity index (χ0) is 11.3. The Bertz CT molecular complexity index is 355. The van der Waals surface area contributed by atoms with Crippen LogP contribution in [-0.2, 0) is 0 Å². The molecule has 3 nitrogen and oxygen atoms in total. The Labute approximate surface area is 85.7 Å². The van der Waals surface area contributed by atoms with Crippen molar-refractivity contribution in [1.82, 2.24) is 5.32 Å². The maximum atomic E-state index is 13.1. The Morgan fingerprint density at radius 3 is 2.73 bits per heavy atom. The van der Waals surface area contributed by atoms with E-state index in [1.807, 2.05) is 0 Å². The van der Waals surface area contributed by atoms with Crippen LogP contribution in [-0.4, -0.2) is 30.6 Å². The van der Waals surface area contributed by atoms with Crippen LogP contribution in [0.25, 0.3) is 0 Å². The Morgan fingerprint density at radius 1 is 1.40 bits per heavy atom. The molecule has 0 spiro atoms. The molecule has 0 radical (unpaired) electrons. The van der Waals surface area contributed by atoms with Gasteiger partial charge in [-0.2, -0.15) is 0 Å². The SMILES string of the molecule is O=C(CNCCO)c1ccc(F)cc1F. The van der Waals surface area contributed by atoms with Gasteiger partial charge in [0.15, 0.2) is 5.78 Å². The molecule has 0 amide bonds. The number of benzene rings is 1. The molecule has 2 N–H and O–H groups in total. The van der Waals surface area contributed by atoms with E-state index in [0.29, 0.717) is 6.07 Å². The van der Waals surface area contributed by atoms with Crippen LogP contribution >= 0.6 is 0 Å². The molecule has 1 aromatic carbocycles. The predicted octanol–water partition coefficient (Wildman–Crippen LogP) is 0.729. The van der Waals surface area contributed by atoms with E-state index in [-0.39, 0.29) is 25.3 Å². The van der Waals surface area contributed by atoms with E-state index in [0.717, 1.165) is 12.1 Å². The molecule has 0 bridgehead atoms. The van der Waals surface area contributed by atoms with E-state index in [1.165, 1.54) is 0 Å². The zero-order valence-electron chi connectivity index (χ0n) is 7.96. The summed E-state index contributed by atoms with van der Waals surface area (Å²) in [5, 5.41) is 11.1. The minimum absolute atomic E-state index is 0.0802. The average molecular weight is 215 g/mol. The van der Waals surface area contributed by atoms with Crippen molar-refractivity contribution < 1.29 is 18.7 Å². The fourth-order valence-corrected chi connectivity index (χ4v) is 1.09. The van der Waals surface area contributed by atoms with Crippen molar-refractivity contribution in [2.75, 3.05) is 19.7 Å². The van der Waals surface area contributed by atoms with Gasteiger partial charge in [0, 0.05) is 12.6 Å². The summed E-state index contributed by atoms with van der Waals surface area (Å²) in [6, 6.07) is 2.80. The second-order valence-corrected chi connectivity index (χ2v) is 2.95. The molecule has 0 aliphatic carbocycles. The van der Waals surface area contributed by atoms with Crippen molar-refractivity contribution in [2.24, 2.45) is 0 Å². The van der Waals surface area contributed by atoms with Gasteiger partial charge >= 0.3 is 0 Å². The van der Waals surface area contributed by atoms with Crippen LogP contribution in [0.1, 0.15) is 10.4 Å². The highest BCUT2D eigenvalue weighted by molar-refractivity contribution is 5.97. The predicted molar refractivity (Wildman–Crippen MR) is 50.6 cm³/mol. The van der Waals surface area contributed by atoms with Crippen LogP contribution in [0.2, 0.25) is 0 Å². The molecule has 1 rings (SSSR count). The molecular formula is C10H11F2NO2. The van der Waals surface area contributed by atoms with Gasteiger partial charge in [0.25, 0.3) is 0 Å². The number of aliphatic hydroxyl groups excluding tert-OH is 1. The van der Waals surface area contributed by atoms with Crippen LogP contribution in [0.3, 0.4) is 0 Å². The van der Waals surface area contributed by atoms with Gasteiger partial charge in [-0.15, -0.1) is 0 Å². The molecule has 0 atom stereocenters. The summed E-state index contributed by atoms with van der Waals surface area (Å²) in [5.74, 6) is -2.06. The topological polar surface area (TPSA) is 49.3 Å². The summed E-state index contributed by atoms with van der Waals surface area (Å²) in [4.78, 5) is 11.3. The Hall–Kier alpha value is -1.33. The summed E-state index contributed by atoms with van der Waals surface area (Å²) in [7, 11) is 0. The van der Waals surface area contributed by atoms with E-state index in [4.69, 9.17) is 5.11 Å². The molecule has 0 aliphatic rings. The fraction of sp³-hybridized carbons (Fsp3) is 0.300. The number of hydrogen-bond acceptors (Lipinski definition) is 3. The average Bonchev–Trinajstić information content (AvgIpc) is 2.17. The number of halogens is 2. The highest BCUT2D eigenvalue weighted by Crippen LogP contribution is 2.09. The lowest BCUT2D eigenvalue weighted by molar-refractivity contribution is 0.0986. The maximum Gasteiger partial charge on any atom is 0.179 e. The molecule has 0 aliphatic heterocycles. The van der Waals surface area contributed by atoms with E-state index in [9.17, 15) is 13.6 Å². The third kappa shape index (κ3) is 3.38. The fourth-order valence-electron chi connectivity index (χ4n) is 1.09. The number of carbonyl (C=O) groups excluding carboxylic acids is 1. The number of hydrogen-bond donors (Lipinski definition) is 2. The first-order valence-corrected chi connectivity index (χ1v) is 4.45. The van der Waals surface area contributed by atoms with E-state index >= 15 is 0 Å². The quantitative estimate of drug-likeness (QED) is 0.562. The smallest absolute Gasteiger partial charge is 0.179 e. The Kier molecular flexibility index (Phi) is 4.33. The van der Waals surface area contributed by atoms with Crippen LogP contribution in [0.5, 0.6) is 0 Å². The van der Waals surface area contributed by atoms with E-state index in [1.54, 1.807) is 0 Å². The normalized spacial score (nSPS) is 10.3. The molecule has 15 heavy (non-hydrogen) atoms. The molecule has 0 saturated carbocycles. The van der Waals surface area contributed by atoms with Crippen molar-refractivity contribution in [1.29, 1.82) is 0 Å². The Balaban J connectivity index is 2.65. The van der Waals surface area contributed by atoms with Crippen LogP contribution in [0.15, 0.2) is 18.2 Å². The number of Topliss-reactive ketones (excluding diaryl/α,β-unsaturated/α-hetero) is 1. The third-order valence-electron chi connectivity index (χ3n) is 1.81. The second-order valence-electron chi connectivity index (χ2n) is 2.95. The van der Waals surface area contributed by atoms with Crippen LogP contribution in [0, 0.1) is 11.6 Å². The largest absolute Gasteiger partial charge is 0.395 e. The van der Waals surface area contributed by atoms with E-state index < -0.39 is 17.4 Å². The van der Waals surface area contributed by atoms with Crippen molar-refractivity contribution in [2.45, 2.75) is 0 Å². The van der Waals surface area contributed by atoms with Crippen molar-refractivity contribution in [3.63, 3.8) is 0 Å². The molecule has 5 heteroatoms. The molecule has 0 aromatic heterocycles. The molecule has 0 heterocycles. The van der Waals surface area contributed by atoms with Crippen LogP contribution < -0.4 is 5.32 Å². The number of ketones is 1. The standard InChI is InChI=1S/C10H11F2NO2/c11-7-1-2-8(9(12)5-7)10(15)6-13-3-4-14/h1-2,5,13-14H,3-4,6H2. The van der Waals surface area contributed by atoms with Gasteiger partial charge in [-0.3, -0.25) is 4.79 Å². The number of rotatable bonds is 5. The van der Waals surface area contributed by atoms with Crippen molar-refractivity contribution in [3.8, 4) is 0 Å². The lowest BCUT2D eigenvalue weighted by Gasteiger charge is -2.03. The molecule has 0 fully saturated rings. The highest BCUT2D eigenvalue weighted by Gasteiger charge is 2.11. The first-order valence-electron chi connectivity index (χ1n) is 4.45. The van der Waals surface area contributed by atoms with Gasteiger partial charge < -0.3 is 10.4 Å². The summed E-state index contributed by atoms with van der Waals surface area (Å²) in [6.07, 6.45) is 0. The minimum Gasteiger partial charge on any atom is -0.395 e. The number of carbonyl (C=O) groups is 1. The van der Waals surface area contributed by atoms with Gasteiger partial charge in [-0.05, 0) is 12.1 Å². The van der Waals surface area contributed by atoms with Gasteiger partial charge in [0.05, 0.1) is 18.7 Å². The number of aliphatic hydroxyl groups is 1. The third-order valence-corrected chi connectivity index (χ3v) is 1.81. The lowest BCUT2D eigenvalue weighted by atomic mass is 10.1. The molecule has 1 aromatic rings. The van der Waals surface area contributed by atoms with Gasteiger partial charge in [0.2, 0.25) is 0 Å². The van der Waals surface area contributed by atoms with Gasteiger partial charge in [-0.1, -0.05) is 0 Å². The monoisotopic (exact) mass is 215 g/mol. The molecule has 82 valence electrons. The maximum absolute atomic E-state index is 13.1. The Morgan fingerprint density at radius 2 is 2.13 bits per heavy atom. The van der Waals surface area contributed by atoms with Crippen LogP contribution in [0.4, 0.5) is 8.78 Å². The van der Waals surface area contributed by atoms with Crippen molar-refractivity contribution >= 4 is 5.78 Å². The summed E-state index contributed by atoms with van der Waals surface area (Å²) in [6.45, 7) is 0.0802. The summed E-state index contributed by atoms with van der Waals surface area (Å²) >= 11 is 0. The first-order chi connectivity index (χ1) is 7.15. The summed E-state index contributed by atoms with van der Waals surface area (Å²) in [5.41, 5.74) is -0.151. The number of nitrogens with one attached hydrogen (secondary N) is 1. The zero-order valence-corrected chi connectivity index (χ0v) is 7.96. The minimum atomic E-state index is -0.870. The molecule has 0 saturated heterocycles. The highest BCUT2D eigenvalue weighted by atomic mass is 19.1. The lowest BCUT2D eigenvalue weighted by Crippen LogP contribution is -2.26. The van der Waals surface area contributed by atoms with Gasteiger partial charge in [-0.25, -0.2) is 8.78 Å². The summed E-state index contributed by atoms with van der Waals surface area (Å²) < 4.78 is 25.6. The van der Waals surface area contributed by atoms with Crippen molar-refractivity contribution in [3.05, 3.63) is 35.4 Å². The molecular weight excluding hydrogens is 204 g/mol. The molecule has 0 unspecified atom stereocenters. The van der Waals surface area contributed by atoms with Gasteiger partial charge in [0.1, 0.15) is 11.6 Å². The second kappa shape index (κ2) is 5.53. The van der Waals surface area contributed by atoms with E-state index in [2.05, 4.69) is 5.32 Å². The first kappa shape index (κ1) is 11.7.